The van der Waals surface area contributed by atoms with Crippen molar-refractivity contribution in [2.45, 2.75) is 32.2 Å². The van der Waals surface area contributed by atoms with Crippen LogP contribution < -0.4 is 5.32 Å². The summed E-state index contributed by atoms with van der Waals surface area (Å²) in [6, 6.07) is 2.01. The van der Waals surface area contributed by atoms with E-state index in [-0.39, 0.29) is 5.54 Å². The van der Waals surface area contributed by atoms with Gasteiger partial charge >= 0.3 is 0 Å². The highest BCUT2D eigenvalue weighted by Gasteiger charge is 2.37. The number of aromatic nitrogens is 1. The predicted octanol–water partition coefficient (Wildman–Crippen LogP) is 3.44. The lowest BCUT2D eigenvalue weighted by molar-refractivity contribution is 0.494. The molecule has 3 heteroatoms. The summed E-state index contributed by atoms with van der Waals surface area (Å²) in [6.07, 6.45) is 6.34. The van der Waals surface area contributed by atoms with Crippen LogP contribution in [0.2, 0.25) is 0 Å². The Balaban J connectivity index is 2.13. The summed E-state index contributed by atoms with van der Waals surface area (Å²) in [5.41, 5.74) is 1.33. The normalized spacial score (nSPS) is 16.8. The molecule has 1 aromatic rings. The van der Waals surface area contributed by atoms with Crippen LogP contribution in [0.15, 0.2) is 22.9 Å². The van der Waals surface area contributed by atoms with Crippen molar-refractivity contribution < 1.29 is 0 Å². The molecule has 0 aliphatic heterocycles. The van der Waals surface area contributed by atoms with Crippen molar-refractivity contribution in [3.63, 3.8) is 0 Å². The molecule has 1 aliphatic carbocycles. The van der Waals surface area contributed by atoms with Crippen LogP contribution in [-0.2, 0) is 0 Å². The van der Waals surface area contributed by atoms with Gasteiger partial charge in [0.25, 0.3) is 0 Å². The second-order valence-electron chi connectivity index (χ2n) is 4.48. The Morgan fingerprint density at radius 2 is 2.21 bits per heavy atom. The van der Waals surface area contributed by atoms with Gasteiger partial charge in [0.15, 0.2) is 0 Å². The van der Waals surface area contributed by atoms with Crippen LogP contribution in [0.25, 0.3) is 0 Å². The molecular weight excluding hydrogens is 240 g/mol. The summed E-state index contributed by atoms with van der Waals surface area (Å²) in [5, 5.41) is 3.56. The van der Waals surface area contributed by atoms with E-state index in [1.807, 2.05) is 18.5 Å². The van der Waals surface area contributed by atoms with E-state index < -0.39 is 0 Å². The Morgan fingerprint density at radius 3 is 2.79 bits per heavy atom. The molecule has 0 saturated heterocycles. The first-order valence-electron chi connectivity index (χ1n) is 4.97. The molecule has 0 atom stereocenters. The third kappa shape index (κ3) is 2.08. The summed E-state index contributed by atoms with van der Waals surface area (Å²) in [5.74, 6) is 0.822. The molecule has 2 rings (SSSR count). The van der Waals surface area contributed by atoms with Crippen molar-refractivity contribution >= 4 is 21.6 Å². The Labute approximate surface area is 93.3 Å². The first kappa shape index (κ1) is 9.97. The van der Waals surface area contributed by atoms with Crippen LogP contribution in [0, 0.1) is 5.92 Å². The average Bonchev–Trinajstić information content (AvgIpc) is 2.91. The molecule has 1 aromatic heterocycles. The number of nitrogens with zero attached hydrogens (tertiary/aromatic N) is 1. The largest absolute Gasteiger partial charge is 0.379 e. The predicted molar refractivity (Wildman–Crippen MR) is 62.4 cm³/mol. The Bertz CT molecular complexity index is 332. The van der Waals surface area contributed by atoms with Gasteiger partial charge in [-0.25, -0.2) is 0 Å². The summed E-state index contributed by atoms with van der Waals surface area (Å²) in [4.78, 5) is 4.05. The summed E-state index contributed by atoms with van der Waals surface area (Å²) in [7, 11) is 0. The molecule has 1 saturated carbocycles. The van der Waals surface area contributed by atoms with Crippen LogP contribution in [0.1, 0.15) is 26.7 Å². The van der Waals surface area contributed by atoms with Gasteiger partial charge in [0.2, 0.25) is 0 Å². The van der Waals surface area contributed by atoms with E-state index in [1.165, 1.54) is 12.8 Å². The quantitative estimate of drug-likeness (QED) is 0.894. The first-order valence-corrected chi connectivity index (χ1v) is 5.76. The molecule has 0 radical (unpaired) electrons. The molecule has 0 unspecified atom stereocenters. The molecule has 14 heavy (non-hydrogen) atoms. The number of anilines is 1. The van der Waals surface area contributed by atoms with E-state index in [0.717, 1.165) is 16.1 Å². The fourth-order valence-electron chi connectivity index (χ4n) is 1.73. The van der Waals surface area contributed by atoms with Crippen molar-refractivity contribution in [1.29, 1.82) is 0 Å². The number of halogens is 1. The lowest BCUT2D eigenvalue weighted by atomic mass is 9.98. The zero-order chi connectivity index (χ0) is 10.2. The third-order valence-electron chi connectivity index (χ3n) is 2.83. The lowest BCUT2D eigenvalue weighted by Crippen LogP contribution is -2.33. The molecule has 1 N–H and O–H groups in total. The molecule has 76 valence electrons. The van der Waals surface area contributed by atoms with E-state index in [9.17, 15) is 0 Å². The molecule has 0 amide bonds. The minimum absolute atomic E-state index is 0.198. The van der Waals surface area contributed by atoms with Crippen molar-refractivity contribution in [1.82, 2.24) is 4.98 Å². The Hall–Kier alpha value is -0.570. The van der Waals surface area contributed by atoms with Gasteiger partial charge in [-0.1, -0.05) is 0 Å². The first-order chi connectivity index (χ1) is 6.59. The van der Waals surface area contributed by atoms with E-state index >= 15 is 0 Å². The molecule has 0 spiro atoms. The maximum atomic E-state index is 4.05. The SMILES string of the molecule is CC(C)(Nc1ccncc1Br)C1CC1. The summed E-state index contributed by atoms with van der Waals surface area (Å²) < 4.78 is 1.04. The van der Waals surface area contributed by atoms with Gasteiger partial charge in [0.1, 0.15) is 0 Å². The van der Waals surface area contributed by atoms with Crippen LogP contribution in [0.5, 0.6) is 0 Å². The second-order valence-corrected chi connectivity index (χ2v) is 5.33. The summed E-state index contributed by atoms with van der Waals surface area (Å²) >= 11 is 3.49. The molecule has 0 bridgehead atoms. The highest BCUT2D eigenvalue weighted by atomic mass is 79.9. The fourth-order valence-corrected chi connectivity index (χ4v) is 2.08. The Morgan fingerprint density at radius 1 is 1.50 bits per heavy atom. The van der Waals surface area contributed by atoms with Gasteiger partial charge < -0.3 is 5.32 Å². The van der Waals surface area contributed by atoms with Gasteiger partial charge in [-0.05, 0) is 54.6 Å². The van der Waals surface area contributed by atoms with Gasteiger partial charge in [0, 0.05) is 17.9 Å². The topological polar surface area (TPSA) is 24.9 Å². The number of hydrogen-bond acceptors (Lipinski definition) is 2. The molecule has 1 heterocycles. The number of rotatable bonds is 3. The van der Waals surface area contributed by atoms with Crippen LogP contribution in [0.4, 0.5) is 5.69 Å². The molecule has 2 nitrogen and oxygen atoms in total. The van der Waals surface area contributed by atoms with Crippen molar-refractivity contribution in [3.8, 4) is 0 Å². The maximum Gasteiger partial charge on any atom is 0.0590 e. The van der Waals surface area contributed by atoms with Crippen molar-refractivity contribution in [2.75, 3.05) is 5.32 Å². The van der Waals surface area contributed by atoms with Gasteiger partial charge in [0.05, 0.1) is 10.2 Å². The second kappa shape index (κ2) is 3.54. The van der Waals surface area contributed by atoms with E-state index in [4.69, 9.17) is 0 Å². The smallest absolute Gasteiger partial charge is 0.0590 e. The molecule has 1 fully saturated rings. The molecular formula is C11H15BrN2. The number of hydrogen-bond donors (Lipinski definition) is 1. The van der Waals surface area contributed by atoms with Crippen molar-refractivity contribution in [2.24, 2.45) is 5.92 Å². The third-order valence-corrected chi connectivity index (χ3v) is 3.46. The van der Waals surface area contributed by atoms with Gasteiger partial charge in [-0.15, -0.1) is 0 Å². The molecule has 0 aromatic carbocycles. The Kier molecular flexibility index (Phi) is 2.52. The van der Waals surface area contributed by atoms with Crippen LogP contribution >= 0.6 is 15.9 Å². The summed E-state index contributed by atoms with van der Waals surface area (Å²) in [6.45, 7) is 4.52. The monoisotopic (exact) mass is 254 g/mol. The maximum absolute atomic E-state index is 4.05. The highest BCUT2D eigenvalue weighted by Crippen LogP contribution is 2.41. The minimum atomic E-state index is 0.198. The number of pyridine rings is 1. The molecule has 1 aliphatic rings. The van der Waals surface area contributed by atoms with E-state index in [2.05, 4.69) is 40.1 Å². The van der Waals surface area contributed by atoms with E-state index in [0.29, 0.717) is 0 Å². The number of nitrogens with one attached hydrogen (secondary N) is 1. The lowest BCUT2D eigenvalue weighted by Gasteiger charge is -2.28. The zero-order valence-corrected chi connectivity index (χ0v) is 10.1. The van der Waals surface area contributed by atoms with Crippen LogP contribution in [-0.4, -0.2) is 10.5 Å². The van der Waals surface area contributed by atoms with E-state index in [1.54, 1.807) is 0 Å². The minimum Gasteiger partial charge on any atom is -0.379 e. The fraction of sp³-hybridized carbons (Fsp3) is 0.545. The standard InChI is InChI=1S/C11H15BrN2/c1-11(2,8-3-4-8)14-10-5-6-13-7-9(10)12/h5-8H,3-4H2,1-2H3,(H,13,14). The highest BCUT2D eigenvalue weighted by molar-refractivity contribution is 9.10. The van der Waals surface area contributed by atoms with Gasteiger partial charge in [-0.3, -0.25) is 4.98 Å². The van der Waals surface area contributed by atoms with Crippen molar-refractivity contribution in [3.05, 3.63) is 22.9 Å². The van der Waals surface area contributed by atoms with Crippen LogP contribution in [0.3, 0.4) is 0 Å². The zero-order valence-electron chi connectivity index (χ0n) is 8.55. The average molecular weight is 255 g/mol. The van der Waals surface area contributed by atoms with Gasteiger partial charge in [-0.2, -0.15) is 0 Å².